The molecule has 0 unspecified atom stereocenters. The Kier molecular flexibility index (Phi) is 6.08. The van der Waals surface area contributed by atoms with Crippen LogP contribution in [0.15, 0.2) is 60.7 Å². The van der Waals surface area contributed by atoms with Crippen molar-refractivity contribution in [3.05, 3.63) is 99.6 Å². The van der Waals surface area contributed by atoms with Gasteiger partial charge in [-0.2, -0.15) is 0 Å². The number of amides is 6. The lowest BCUT2D eigenvalue weighted by Crippen LogP contribution is -2.26. The lowest BCUT2D eigenvalue weighted by Gasteiger charge is -2.09. The van der Waals surface area contributed by atoms with Crippen molar-refractivity contribution in [1.29, 1.82) is 0 Å². The molecule has 0 radical (unpaired) electrons. The van der Waals surface area contributed by atoms with E-state index in [1.165, 1.54) is 50.5 Å². The van der Waals surface area contributed by atoms with E-state index < -0.39 is 23.6 Å². The molecule has 2 aliphatic heterocycles. The van der Waals surface area contributed by atoms with Crippen LogP contribution in [0.1, 0.15) is 67.7 Å². The molecule has 0 bridgehead atoms. The highest BCUT2D eigenvalue weighted by Gasteiger charge is 2.34. The van der Waals surface area contributed by atoms with Crippen molar-refractivity contribution in [3.63, 3.8) is 0 Å². The molecule has 38 heavy (non-hydrogen) atoms. The minimum Gasteiger partial charge on any atom is -0.352 e. The zero-order chi connectivity index (χ0) is 27.1. The standard InChI is InChI=1S/C28H22N4O6/c1-31-25(35)19-9-5-16(13-21(19)27(31)37)23(33)29-12-11-15-3-7-18(8-4-15)30-24(34)17-6-10-20-22(14-17)28(38)32(2)26(20)36/h3-10,13-14H,11-12H2,1-2H3,(H,29,33)(H,30,34). The third kappa shape index (κ3) is 4.21. The van der Waals surface area contributed by atoms with Crippen LogP contribution < -0.4 is 10.6 Å². The number of fused-ring (bicyclic) bond motifs is 2. The monoisotopic (exact) mass is 510 g/mol. The average Bonchev–Trinajstić information content (AvgIpc) is 3.28. The Morgan fingerprint density at radius 3 is 1.63 bits per heavy atom. The van der Waals surface area contributed by atoms with E-state index in [2.05, 4.69) is 10.6 Å². The van der Waals surface area contributed by atoms with Crippen LogP contribution in [-0.4, -0.2) is 65.9 Å². The smallest absolute Gasteiger partial charge is 0.261 e. The van der Waals surface area contributed by atoms with Crippen LogP contribution in [0.5, 0.6) is 0 Å². The molecule has 6 amide bonds. The van der Waals surface area contributed by atoms with Gasteiger partial charge in [-0.15, -0.1) is 0 Å². The molecular formula is C28H22N4O6. The predicted octanol–water partition coefficient (Wildman–Crippen LogP) is 2.36. The second kappa shape index (κ2) is 9.40. The fraction of sp³-hybridized carbons (Fsp3) is 0.143. The first-order chi connectivity index (χ1) is 18.2. The Hall–Kier alpha value is -5.12. The van der Waals surface area contributed by atoms with Gasteiger partial charge < -0.3 is 10.6 Å². The van der Waals surface area contributed by atoms with E-state index in [0.29, 0.717) is 24.2 Å². The Balaban J connectivity index is 1.15. The van der Waals surface area contributed by atoms with Crippen LogP contribution in [0, 0.1) is 0 Å². The van der Waals surface area contributed by atoms with Gasteiger partial charge in [0.15, 0.2) is 0 Å². The molecule has 2 N–H and O–H groups in total. The van der Waals surface area contributed by atoms with E-state index in [4.69, 9.17) is 0 Å². The summed E-state index contributed by atoms with van der Waals surface area (Å²) in [7, 11) is 2.80. The van der Waals surface area contributed by atoms with Crippen LogP contribution in [0.4, 0.5) is 5.69 Å². The van der Waals surface area contributed by atoms with E-state index in [1.807, 2.05) is 12.1 Å². The molecule has 0 saturated carbocycles. The molecule has 0 fully saturated rings. The minimum absolute atomic E-state index is 0.204. The van der Waals surface area contributed by atoms with Crippen molar-refractivity contribution >= 4 is 41.1 Å². The largest absolute Gasteiger partial charge is 0.352 e. The second-order valence-electron chi connectivity index (χ2n) is 9.02. The van der Waals surface area contributed by atoms with E-state index in [9.17, 15) is 28.8 Å². The number of imide groups is 2. The molecule has 0 aliphatic carbocycles. The maximum atomic E-state index is 12.7. The molecule has 5 rings (SSSR count). The summed E-state index contributed by atoms with van der Waals surface area (Å²) in [5, 5.41) is 5.57. The van der Waals surface area contributed by atoms with Crippen molar-refractivity contribution in [3.8, 4) is 0 Å². The average molecular weight is 511 g/mol. The van der Waals surface area contributed by atoms with Gasteiger partial charge in [0.05, 0.1) is 22.3 Å². The molecule has 10 nitrogen and oxygen atoms in total. The van der Waals surface area contributed by atoms with E-state index >= 15 is 0 Å². The summed E-state index contributed by atoms with van der Waals surface area (Å²) >= 11 is 0. The Morgan fingerprint density at radius 2 is 1.11 bits per heavy atom. The normalized spacial score (nSPS) is 14.1. The van der Waals surface area contributed by atoms with Crippen LogP contribution in [0.2, 0.25) is 0 Å². The molecule has 0 saturated heterocycles. The number of hydrogen-bond donors (Lipinski definition) is 2. The Bertz CT molecular complexity index is 1560. The van der Waals surface area contributed by atoms with Crippen molar-refractivity contribution in [1.82, 2.24) is 15.1 Å². The fourth-order valence-corrected chi connectivity index (χ4v) is 4.39. The van der Waals surface area contributed by atoms with Crippen molar-refractivity contribution in [2.45, 2.75) is 6.42 Å². The summed E-state index contributed by atoms with van der Waals surface area (Å²) in [6.45, 7) is 0.338. The fourth-order valence-electron chi connectivity index (χ4n) is 4.39. The molecular weight excluding hydrogens is 488 g/mol. The summed E-state index contributed by atoms with van der Waals surface area (Å²) in [6.07, 6.45) is 0.527. The number of nitrogens with zero attached hydrogens (tertiary/aromatic N) is 2. The van der Waals surface area contributed by atoms with Gasteiger partial charge in [0.25, 0.3) is 35.4 Å². The van der Waals surface area contributed by atoms with E-state index in [1.54, 1.807) is 12.1 Å². The number of nitrogens with one attached hydrogen (secondary N) is 2. The van der Waals surface area contributed by atoms with E-state index in [0.717, 1.165) is 15.4 Å². The van der Waals surface area contributed by atoms with Crippen molar-refractivity contribution in [2.24, 2.45) is 0 Å². The van der Waals surface area contributed by atoms with Crippen LogP contribution in [-0.2, 0) is 6.42 Å². The Labute approximate surface area is 217 Å². The SMILES string of the molecule is CN1C(=O)c2ccc(C(=O)NCCc3ccc(NC(=O)c4ccc5c(c4)C(=O)N(C)C5=O)cc3)cc2C1=O. The van der Waals surface area contributed by atoms with Gasteiger partial charge in [-0.1, -0.05) is 12.1 Å². The first-order valence-corrected chi connectivity index (χ1v) is 11.8. The lowest BCUT2D eigenvalue weighted by molar-refractivity contribution is 0.0677. The Morgan fingerprint density at radius 1 is 0.632 bits per heavy atom. The summed E-state index contributed by atoms with van der Waals surface area (Å²) in [6, 6.07) is 15.9. The number of hydrogen-bond acceptors (Lipinski definition) is 6. The zero-order valence-electron chi connectivity index (χ0n) is 20.5. The summed E-state index contributed by atoms with van der Waals surface area (Å²) < 4.78 is 0. The summed E-state index contributed by atoms with van der Waals surface area (Å²) in [4.78, 5) is 75.6. The van der Waals surface area contributed by atoms with Crippen molar-refractivity contribution in [2.75, 3.05) is 26.0 Å². The van der Waals surface area contributed by atoms with Gasteiger partial charge >= 0.3 is 0 Å². The summed E-state index contributed by atoms with van der Waals surface area (Å²) in [5.41, 5.74) is 3.00. The number of rotatable bonds is 6. The first-order valence-electron chi connectivity index (χ1n) is 11.8. The molecule has 3 aromatic rings. The molecule has 10 heteroatoms. The topological polar surface area (TPSA) is 133 Å². The van der Waals surface area contributed by atoms with Crippen LogP contribution >= 0.6 is 0 Å². The molecule has 2 heterocycles. The molecule has 0 atom stereocenters. The zero-order valence-corrected chi connectivity index (χ0v) is 20.5. The second-order valence-corrected chi connectivity index (χ2v) is 9.02. The highest BCUT2D eigenvalue weighted by molar-refractivity contribution is 6.22. The number of carbonyl (C=O) groups excluding carboxylic acids is 6. The van der Waals surface area contributed by atoms with Gasteiger partial charge in [0.2, 0.25) is 0 Å². The highest BCUT2D eigenvalue weighted by atomic mass is 16.2. The molecule has 0 spiro atoms. The lowest BCUT2D eigenvalue weighted by atomic mass is 10.0. The molecule has 190 valence electrons. The van der Waals surface area contributed by atoms with Crippen molar-refractivity contribution < 1.29 is 28.8 Å². The third-order valence-corrected chi connectivity index (χ3v) is 6.61. The van der Waals surface area contributed by atoms with Crippen LogP contribution in [0.3, 0.4) is 0 Å². The van der Waals surface area contributed by atoms with Gasteiger partial charge in [0.1, 0.15) is 0 Å². The van der Waals surface area contributed by atoms with Gasteiger partial charge in [-0.3, -0.25) is 38.6 Å². The summed E-state index contributed by atoms with van der Waals surface area (Å²) in [5.74, 6) is -2.42. The maximum Gasteiger partial charge on any atom is 0.261 e. The maximum absolute atomic E-state index is 12.7. The quantitative estimate of drug-likeness (QED) is 0.489. The minimum atomic E-state index is -0.441. The number of benzene rings is 3. The van der Waals surface area contributed by atoms with Crippen LogP contribution in [0.25, 0.3) is 0 Å². The molecule has 3 aromatic carbocycles. The number of anilines is 1. The third-order valence-electron chi connectivity index (χ3n) is 6.61. The molecule has 0 aromatic heterocycles. The van der Waals surface area contributed by atoms with Gasteiger partial charge in [-0.05, 0) is 60.5 Å². The highest BCUT2D eigenvalue weighted by Crippen LogP contribution is 2.24. The predicted molar refractivity (Wildman–Crippen MR) is 136 cm³/mol. The van der Waals surface area contributed by atoms with E-state index in [-0.39, 0.29) is 39.6 Å². The van der Waals surface area contributed by atoms with Gasteiger partial charge in [0, 0.05) is 37.5 Å². The van der Waals surface area contributed by atoms with Gasteiger partial charge in [-0.25, -0.2) is 0 Å². The number of carbonyl (C=O) groups is 6. The molecule has 2 aliphatic rings. The first kappa shape index (κ1) is 24.6.